The molecule has 1 amide bonds. The van der Waals surface area contributed by atoms with E-state index in [1.54, 1.807) is 6.20 Å². The third-order valence-electron chi connectivity index (χ3n) is 4.20. The van der Waals surface area contributed by atoms with Crippen LogP contribution in [-0.2, 0) is 4.79 Å². The summed E-state index contributed by atoms with van der Waals surface area (Å²) in [5, 5.41) is 3.19. The molecule has 19 heavy (non-hydrogen) atoms. The van der Waals surface area contributed by atoms with Crippen LogP contribution in [0.25, 0.3) is 0 Å². The van der Waals surface area contributed by atoms with E-state index in [0.29, 0.717) is 6.04 Å². The second-order valence-electron chi connectivity index (χ2n) is 5.59. The topological polar surface area (TPSA) is 45.2 Å². The number of pyridine rings is 1. The number of nitrogens with zero attached hydrogens (tertiary/aromatic N) is 2. The summed E-state index contributed by atoms with van der Waals surface area (Å²) in [7, 11) is 0. The molecule has 0 aromatic carbocycles. The van der Waals surface area contributed by atoms with Gasteiger partial charge in [-0.3, -0.25) is 4.79 Å². The van der Waals surface area contributed by atoms with E-state index in [4.69, 9.17) is 0 Å². The lowest BCUT2D eigenvalue weighted by molar-refractivity contribution is -0.119. The molecule has 4 heteroatoms. The van der Waals surface area contributed by atoms with Crippen LogP contribution < -0.4 is 10.2 Å². The second-order valence-corrected chi connectivity index (χ2v) is 5.59. The largest absolute Gasteiger partial charge is 0.357 e. The summed E-state index contributed by atoms with van der Waals surface area (Å²) < 4.78 is 0. The van der Waals surface area contributed by atoms with Gasteiger partial charge in [0.25, 0.3) is 0 Å². The molecule has 2 aliphatic rings. The van der Waals surface area contributed by atoms with Crippen molar-refractivity contribution < 1.29 is 4.79 Å². The average Bonchev–Trinajstić information content (AvgIpc) is 2.69. The number of hydrogen-bond donors (Lipinski definition) is 1. The van der Waals surface area contributed by atoms with Gasteiger partial charge in [-0.2, -0.15) is 0 Å². The second kappa shape index (κ2) is 5.19. The fourth-order valence-electron chi connectivity index (χ4n) is 3.19. The van der Waals surface area contributed by atoms with Crippen LogP contribution >= 0.6 is 0 Å². The summed E-state index contributed by atoms with van der Waals surface area (Å²) in [5.41, 5.74) is 0.956. The Hall–Kier alpha value is -1.58. The number of carbonyl (C=O) groups is 1. The van der Waals surface area contributed by atoms with Crippen molar-refractivity contribution in [3.05, 3.63) is 18.3 Å². The first kappa shape index (κ1) is 12.5. The van der Waals surface area contributed by atoms with Crippen molar-refractivity contribution in [1.29, 1.82) is 0 Å². The predicted octanol–water partition coefficient (Wildman–Crippen LogP) is 2.95. The van der Waals surface area contributed by atoms with E-state index in [9.17, 15) is 4.79 Å². The van der Waals surface area contributed by atoms with Crippen LogP contribution in [0.3, 0.4) is 0 Å². The fraction of sp³-hybridized carbons (Fsp3) is 0.600. The maximum Gasteiger partial charge on any atom is 0.249 e. The Balaban J connectivity index is 1.95. The van der Waals surface area contributed by atoms with Crippen molar-refractivity contribution in [1.82, 2.24) is 4.98 Å². The van der Waals surface area contributed by atoms with Crippen molar-refractivity contribution in [3.8, 4) is 0 Å². The maximum atomic E-state index is 12.5. The molecule has 1 N–H and O–H groups in total. The first-order valence-electron chi connectivity index (χ1n) is 7.32. The highest BCUT2D eigenvalue weighted by Gasteiger charge is 2.34. The number of anilines is 2. The van der Waals surface area contributed by atoms with Gasteiger partial charge >= 0.3 is 0 Å². The standard InChI is InChI=1S/C15H21N3O/c1-11-15(19)18(12-7-4-2-3-5-8-12)13-9-6-10-16-14(13)17-11/h6,9-12H,2-5,7-8H2,1H3,(H,16,17). The number of nitrogens with one attached hydrogen (secondary N) is 1. The van der Waals surface area contributed by atoms with Gasteiger partial charge in [0.05, 0.1) is 5.69 Å². The van der Waals surface area contributed by atoms with Gasteiger partial charge in [0, 0.05) is 12.2 Å². The van der Waals surface area contributed by atoms with Crippen LogP contribution in [0.4, 0.5) is 11.5 Å². The van der Waals surface area contributed by atoms with Crippen molar-refractivity contribution in [2.24, 2.45) is 0 Å². The Labute approximate surface area is 114 Å². The molecule has 102 valence electrons. The minimum Gasteiger partial charge on any atom is -0.357 e. The third kappa shape index (κ3) is 2.31. The Kier molecular flexibility index (Phi) is 3.40. The number of amides is 1. The molecule has 1 atom stereocenters. The minimum absolute atomic E-state index is 0.175. The normalized spacial score (nSPS) is 24.6. The zero-order valence-corrected chi connectivity index (χ0v) is 11.4. The lowest BCUT2D eigenvalue weighted by Crippen LogP contribution is -2.50. The van der Waals surface area contributed by atoms with E-state index in [2.05, 4.69) is 10.3 Å². The van der Waals surface area contributed by atoms with Gasteiger partial charge < -0.3 is 10.2 Å². The summed E-state index contributed by atoms with van der Waals surface area (Å²) >= 11 is 0. The first-order valence-corrected chi connectivity index (χ1v) is 7.32. The molecule has 0 bridgehead atoms. The fourth-order valence-corrected chi connectivity index (χ4v) is 3.19. The molecule has 1 unspecified atom stereocenters. The molecule has 1 aliphatic carbocycles. The smallest absolute Gasteiger partial charge is 0.249 e. The van der Waals surface area contributed by atoms with Crippen molar-refractivity contribution in [3.63, 3.8) is 0 Å². The Bertz CT molecular complexity index is 466. The van der Waals surface area contributed by atoms with Gasteiger partial charge in [0.15, 0.2) is 5.82 Å². The zero-order valence-electron chi connectivity index (χ0n) is 11.4. The van der Waals surface area contributed by atoms with Crippen LogP contribution in [0.1, 0.15) is 45.4 Å². The molecular weight excluding hydrogens is 238 g/mol. The van der Waals surface area contributed by atoms with Gasteiger partial charge in [0.1, 0.15) is 6.04 Å². The Morgan fingerprint density at radius 3 is 2.74 bits per heavy atom. The highest BCUT2D eigenvalue weighted by molar-refractivity contribution is 6.04. The third-order valence-corrected chi connectivity index (χ3v) is 4.20. The molecule has 4 nitrogen and oxygen atoms in total. The number of carbonyl (C=O) groups excluding carboxylic acids is 1. The predicted molar refractivity (Wildman–Crippen MR) is 76.3 cm³/mol. The van der Waals surface area contributed by atoms with Crippen LogP contribution in [0.2, 0.25) is 0 Å². The van der Waals surface area contributed by atoms with Gasteiger partial charge in [-0.15, -0.1) is 0 Å². The van der Waals surface area contributed by atoms with Crippen molar-refractivity contribution in [2.45, 2.75) is 57.5 Å². The van der Waals surface area contributed by atoms with E-state index >= 15 is 0 Å². The number of fused-ring (bicyclic) bond motifs is 1. The molecule has 0 saturated heterocycles. The van der Waals surface area contributed by atoms with Crippen LogP contribution in [0.15, 0.2) is 18.3 Å². The van der Waals surface area contributed by atoms with E-state index in [1.165, 1.54) is 25.7 Å². The summed E-state index contributed by atoms with van der Waals surface area (Å²) in [6.45, 7) is 1.92. The molecule has 1 saturated carbocycles. The lowest BCUT2D eigenvalue weighted by Gasteiger charge is -2.38. The summed E-state index contributed by atoms with van der Waals surface area (Å²) in [5.74, 6) is 1.03. The molecule has 0 radical (unpaired) electrons. The summed E-state index contributed by atoms with van der Waals surface area (Å²) in [6.07, 6.45) is 9.06. The Morgan fingerprint density at radius 1 is 1.26 bits per heavy atom. The molecule has 0 spiro atoms. The molecular formula is C15H21N3O. The quantitative estimate of drug-likeness (QED) is 0.789. The number of hydrogen-bond acceptors (Lipinski definition) is 3. The van der Waals surface area contributed by atoms with E-state index < -0.39 is 0 Å². The van der Waals surface area contributed by atoms with Gasteiger partial charge in [-0.25, -0.2) is 4.98 Å². The minimum atomic E-state index is -0.175. The molecule has 1 aromatic heterocycles. The maximum absolute atomic E-state index is 12.5. The van der Waals surface area contributed by atoms with Crippen molar-refractivity contribution >= 4 is 17.4 Å². The van der Waals surface area contributed by atoms with Crippen molar-refractivity contribution in [2.75, 3.05) is 10.2 Å². The highest BCUT2D eigenvalue weighted by Crippen LogP contribution is 2.34. The molecule has 2 heterocycles. The van der Waals surface area contributed by atoms with Crippen LogP contribution in [0, 0.1) is 0 Å². The SMILES string of the molecule is CC1Nc2ncccc2N(C2CCCCCC2)C1=O. The summed E-state index contributed by atoms with van der Waals surface area (Å²) in [6, 6.07) is 4.09. The van der Waals surface area contributed by atoms with Crippen LogP contribution in [0.5, 0.6) is 0 Å². The highest BCUT2D eigenvalue weighted by atomic mass is 16.2. The molecule has 1 aliphatic heterocycles. The zero-order chi connectivity index (χ0) is 13.2. The van der Waals surface area contributed by atoms with Gasteiger partial charge in [-0.05, 0) is 31.9 Å². The molecule has 1 aromatic rings. The first-order chi connectivity index (χ1) is 9.27. The molecule has 1 fully saturated rings. The lowest BCUT2D eigenvalue weighted by atomic mass is 10.0. The van der Waals surface area contributed by atoms with Crippen LogP contribution in [-0.4, -0.2) is 23.0 Å². The van der Waals surface area contributed by atoms with Gasteiger partial charge in [-0.1, -0.05) is 25.7 Å². The summed E-state index contributed by atoms with van der Waals surface area (Å²) in [4.78, 5) is 18.9. The van der Waals surface area contributed by atoms with Gasteiger partial charge in [0.2, 0.25) is 5.91 Å². The number of rotatable bonds is 1. The monoisotopic (exact) mass is 259 g/mol. The Morgan fingerprint density at radius 2 is 2.00 bits per heavy atom. The van der Waals surface area contributed by atoms with E-state index in [-0.39, 0.29) is 11.9 Å². The average molecular weight is 259 g/mol. The number of aromatic nitrogens is 1. The molecule has 3 rings (SSSR count). The van der Waals surface area contributed by atoms with E-state index in [1.807, 2.05) is 24.0 Å². The van der Waals surface area contributed by atoms with E-state index in [0.717, 1.165) is 24.3 Å².